The molecule has 2 N–H and O–H groups in total. The van der Waals surface area contributed by atoms with E-state index in [1.165, 1.54) is 16.7 Å². The van der Waals surface area contributed by atoms with Crippen molar-refractivity contribution in [2.75, 3.05) is 0 Å². The van der Waals surface area contributed by atoms with Crippen molar-refractivity contribution in [1.29, 1.82) is 0 Å². The number of hydrogen-bond donors (Lipinski definition) is 1. The molecule has 0 amide bonds. The third-order valence-electron chi connectivity index (χ3n) is 3.24. The fourth-order valence-corrected chi connectivity index (χ4v) is 3.41. The topological polar surface area (TPSA) is 26.0 Å². The van der Waals surface area contributed by atoms with Gasteiger partial charge in [-0.3, -0.25) is 0 Å². The van der Waals surface area contributed by atoms with E-state index in [0.29, 0.717) is 15.9 Å². The minimum atomic E-state index is 0.340. The molecule has 1 nitrogen and oxygen atoms in total. The highest BCUT2D eigenvalue weighted by atomic mass is 127. The van der Waals surface area contributed by atoms with E-state index in [1.54, 1.807) is 0 Å². The lowest BCUT2D eigenvalue weighted by atomic mass is 9.90. The molecule has 1 fully saturated rings. The summed E-state index contributed by atoms with van der Waals surface area (Å²) >= 11 is 2.48. The van der Waals surface area contributed by atoms with Gasteiger partial charge in [-0.25, -0.2) is 0 Å². The van der Waals surface area contributed by atoms with Crippen LogP contribution in [0.5, 0.6) is 0 Å². The van der Waals surface area contributed by atoms with Crippen LogP contribution in [-0.4, -0.2) is 9.97 Å². The monoisotopic (exact) mass is 297 g/mol. The van der Waals surface area contributed by atoms with E-state index in [9.17, 15) is 0 Å². The van der Waals surface area contributed by atoms with E-state index in [-0.39, 0.29) is 0 Å². The predicted octanol–water partition coefficient (Wildman–Crippen LogP) is 2.50. The Morgan fingerprint density at radius 3 is 3.07 bits per heavy atom. The molecule has 3 atom stereocenters. The number of halogens is 1. The molecule has 1 saturated carbocycles. The molecule has 0 aliphatic heterocycles. The molecule has 14 heavy (non-hydrogen) atoms. The molecule has 2 heteroatoms. The van der Waals surface area contributed by atoms with Gasteiger partial charge in [0, 0.05) is 15.9 Å². The minimum Gasteiger partial charge on any atom is -0.326 e. The van der Waals surface area contributed by atoms with Crippen molar-refractivity contribution < 1.29 is 0 Å². The molecule has 0 aromatic rings. The molecular formula is C12H12IN. The van der Waals surface area contributed by atoms with Crippen molar-refractivity contribution in [3.8, 4) is 0 Å². The number of hydrogen-bond acceptors (Lipinski definition) is 1. The summed E-state index contributed by atoms with van der Waals surface area (Å²) in [5, 5.41) is 0. The van der Waals surface area contributed by atoms with Crippen molar-refractivity contribution in [2.45, 2.75) is 16.4 Å². The van der Waals surface area contributed by atoms with Crippen LogP contribution in [0.25, 0.3) is 0 Å². The predicted molar refractivity (Wildman–Crippen MR) is 67.3 cm³/mol. The second-order valence-electron chi connectivity index (χ2n) is 4.16. The van der Waals surface area contributed by atoms with Crippen LogP contribution >= 0.6 is 22.6 Å². The van der Waals surface area contributed by atoms with Crippen LogP contribution in [-0.2, 0) is 0 Å². The van der Waals surface area contributed by atoms with Gasteiger partial charge in [0.2, 0.25) is 0 Å². The highest BCUT2D eigenvalue weighted by molar-refractivity contribution is 14.1. The highest BCUT2D eigenvalue weighted by Crippen LogP contribution is 2.42. The second kappa shape index (κ2) is 3.07. The largest absolute Gasteiger partial charge is 0.326 e. The van der Waals surface area contributed by atoms with Crippen molar-refractivity contribution >= 4 is 22.6 Å². The number of alkyl halides is 1. The average Bonchev–Trinajstić information content (AvgIpc) is 2.70. The summed E-state index contributed by atoms with van der Waals surface area (Å²) in [5.41, 5.74) is 10.4. The van der Waals surface area contributed by atoms with Crippen molar-refractivity contribution in [2.24, 2.45) is 11.7 Å². The van der Waals surface area contributed by atoms with Gasteiger partial charge in [-0.1, -0.05) is 53.0 Å². The number of rotatable bonds is 0. The fourth-order valence-electron chi connectivity index (χ4n) is 2.48. The van der Waals surface area contributed by atoms with Crippen LogP contribution in [0.15, 0.2) is 47.1 Å². The lowest BCUT2D eigenvalue weighted by Gasteiger charge is -2.17. The first-order valence-electron chi connectivity index (χ1n) is 4.97. The Balaban J connectivity index is 2.04. The van der Waals surface area contributed by atoms with Gasteiger partial charge in [-0.15, -0.1) is 0 Å². The maximum absolute atomic E-state index is 6.07. The van der Waals surface area contributed by atoms with E-state index in [4.69, 9.17) is 5.73 Å². The minimum absolute atomic E-state index is 0.340. The van der Waals surface area contributed by atoms with Gasteiger partial charge >= 0.3 is 0 Å². The lowest BCUT2D eigenvalue weighted by Crippen LogP contribution is -2.24. The molecule has 0 saturated heterocycles. The Hall–Kier alpha value is -0.350. The van der Waals surface area contributed by atoms with E-state index < -0.39 is 0 Å². The van der Waals surface area contributed by atoms with Crippen molar-refractivity contribution in [3.05, 3.63) is 47.1 Å². The van der Waals surface area contributed by atoms with Gasteiger partial charge in [-0.05, 0) is 23.1 Å². The summed E-state index contributed by atoms with van der Waals surface area (Å²) in [6.45, 7) is 0. The summed E-state index contributed by atoms with van der Waals surface area (Å²) in [7, 11) is 0. The smallest absolute Gasteiger partial charge is 0.0479 e. The molecule has 0 spiro atoms. The standard InChI is InChI=1S/C12H12IN/c13-12-10-5-8-3-1-2-7(8)4-9(10)6-11(12)14/h1-5,9,11-12H,6,14H2. The van der Waals surface area contributed by atoms with E-state index in [2.05, 4.69) is 53.0 Å². The fraction of sp³-hybridized carbons (Fsp3) is 0.333. The molecule has 3 rings (SSSR count). The van der Waals surface area contributed by atoms with Crippen LogP contribution < -0.4 is 5.73 Å². The summed E-state index contributed by atoms with van der Waals surface area (Å²) < 4.78 is 0.525. The molecule has 3 unspecified atom stereocenters. The molecule has 0 radical (unpaired) electrons. The zero-order valence-corrected chi connectivity index (χ0v) is 9.94. The van der Waals surface area contributed by atoms with Gasteiger partial charge in [0.15, 0.2) is 0 Å². The Bertz CT molecular complexity index is 401. The number of allylic oxidation sites excluding steroid dienone is 7. The molecule has 0 bridgehead atoms. The summed E-state index contributed by atoms with van der Waals surface area (Å²) in [6, 6.07) is 0.340. The average molecular weight is 297 g/mol. The van der Waals surface area contributed by atoms with Crippen LogP contribution in [0.2, 0.25) is 0 Å². The molecule has 0 aromatic heterocycles. The molecule has 0 heterocycles. The quantitative estimate of drug-likeness (QED) is 0.539. The molecule has 3 aliphatic carbocycles. The van der Waals surface area contributed by atoms with E-state index >= 15 is 0 Å². The van der Waals surface area contributed by atoms with Gasteiger partial charge in [0.05, 0.1) is 0 Å². The van der Waals surface area contributed by atoms with Crippen molar-refractivity contribution in [1.82, 2.24) is 0 Å². The molecule has 0 aromatic carbocycles. The maximum atomic E-state index is 6.07. The number of nitrogens with two attached hydrogens (primary N) is 1. The van der Waals surface area contributed by atoms with Crippen LogP contribution in [0, 0.1) is 5.92 Å². The zero-order chi connectivity index (χ0) is 9.71. The first-order valence-corrected chi connectivity index (χ1v) is 6.22. The van der Waals surface area contributed by atoms with Gasteiger partial charge < -0.3 is 5.73 Å². The summed E-state index contributed by atoms with van der Waals surface area (Å²) in [6.07, 6.45) is 12.3. The Kier molecular flexibility index (Phi) is 1.96. The van der Waals surface area contributed by atoms with Gasteiger partial charge in [-0.2, -0.15) is 0 Å². The lowest BCUT2D eigenvalue weighted by molar-refractivity contribution is 0.670. The Labute approximate surface area is 97.6 Å². The zero-order valence-electron chi connectivity index (χ0n) is 7.78. The van der Waals surface area contributed by atoms with E-state index in [1.807, 2.05) is 0 Å². The van der Waals surface area contributed by atoms with Crippen LogP contribution in [0.1, 0.15) is 6.42 Å². The molecule has 3 aliphatic rings. The number of fused-ring (bicyclic) bond motifs is 2. The normalized spacial score (nSPS) is 38.7. The third kappa shape index (κ3) is 1.17. The molecular weight excluding hydrogens is 285 g/mol. The second-order valence-corrected chi connectivity index (χ2v) is 5.50. The van der Waals surface area contributed by atoms with Gasteiger partial charge in [0.1, 0.15) is 0 Å². The highest BCUT2D eigenvalue weighted by Gasteiger charge is 2.36. The maximum Gasteiger partial charge on any atom is 0.0479 e. The Morgan fingerprint density at radius 1 is 1.36 bits per heavy atom. The first kappa shape index (κ1) is 8.92. The Morgan fingerprint density at radius 2 is 2.21 bits per heavy atom. The summed E-state index contributed by atoms with van der Waals surface area (Å²) in [4.78, 5) is 0. The SMILES string of the molecule is NC1CC2C=C3C=CC=C3C=C2C1I. The van der Waals surface area contributed by atoms with Gasteiger partial charge in [0.25, 0.3) is 0 Å². The van der Waals surface area contributed by atoms with Crippen LogP contribution in [0.3, 0.4) is 0 Å². The van der Waals surface area contributed by atoms with Crippen molar-refractivity contribution in [3.63, 3.8) is 0 Å². The van der Waals surface area contributed by atoms with Crippen LogP contribution in [0.4, 0.5) is 0 Å². The molecule has 72 valence electrons. The van der Waals surface area contributed by atoms with E-state index in [0.717, 1.165) is 6.42 Å². The third-order valence-corrected chi connectivity index (χ3v) is 4.88. The first-order chi connectivity index (χ1) is 6.75. The summed E-state index contributed by atoms with van der Waals surface area (Å²) in [5.74, 6) is 0.599.